The predicted molar refractivity (Wildman–Crippen MR) is 116 cm³/mol. The lowest BCUT2D eigenvalue weighted by Gasteiger charge is -2.36. The number of carbonyl (C=O) groups is 2. The highest BCUT2D eigenvalue weighted by Gasteiger charge is 2.41. The average Bonchev–Trinajstić information content (AvgIpc) is 3.29. The summed E-state index contributed by atoms with van der Waals surface area (Å²) in [5.74, 6) is 0.693. The zero-order chi connectivity index (χ0) is 21.8. The standard InChI is InChI=1S/C24H28N2O5/c1-29-17-5-3-4-16(14-17)23-18-9-11-31-24(18)19-12-15(6-7-20(19)26-23)13-21(27)25-10-8-22(28)30-2/h3-7,12,14,18,23-24,26H,8-11,13H2,1-2H3,(H,25,27). The van der Waals surface area contributed by atoms with E-state index in [1.54, 1.807) is 7.11 Å². The minimum Gasteiger partial charge on any atom is -0.497 e. The molecule has 0 spiro atoms. The van der Waals surface area contributed by atoms with Gasteiger partial charge >= 0.3 is 5.97 Å². The molecule has 164 valence electrons. The molecule has 2 aromatic carbocycles. The van der Waals surface area contributed by atoms with Crippen LogP contribution in [0.25, 0.3) is 0 Å². The molecule has 4 rings (SSSR count). The highest BCUT2D eigenvalue weighted by molar-refractivity contribution is 5.79. The molecule has 0 aliphatic carbocycles. The first-order valence-electron chi connectivity index (χ1n) is 10.6. The van der Waals surface area contributed by atoms with Crippen LogP contribution in [0.4, 0.5) is 5.69 Å². The minimum absolute atomic E-state index is 0.00483. The van der Waals surface area contributed by atoms with Crippen molar-refractivity contribution >= 4 is 17.6 Å². The fourth-order valence-electron chi connectivity index (χ4n) is 4.45. The molecule has 1 fully saturated rings. The molecule has 3 unspecified atom stereocenters. The SMILES string of the molecule is COC(=O)CCNC(=O)Cc1ccc2c(c1)C1OCCC1C(c1cccc(OC)c1)N2. The molecule has 3 atom stereocenters. The second-order valence-corrected chi connectivity index (χ2v) is 7.92. The lowest BCUT2D eigenvalue weighted by Crippen LogP contribution is -2.30. The first-order valence-corrected chi connectivity index (χ1v) is 10.6. The van der Waals surface area contributed by atoms with Gasteiger partial charge in [0, 0.05) is 30.3 Å². The van der Waals surface area contributed by atoms with Crippen LogP contribution in [-0.4, -0.2) is 39.2 Å². The van der Waals surface area contributed by atoms with Crippen LogP contribution in [0.15, 0.2) is 42.5 Å². The van der Waals surface area contributed by atoms with E-state index in [4.69, 9.17) is 9.47 Å². The van der Waals surface area contributed by atoms with Crippen LogP contribution in [0, 0.1) is 5.92 Å². The van der Waals surface area contributed by atoms with Gasteiger partial charge in [0.1, 0.15) is 5.75 Å². The van der Waals surface area contributed by atoms with Crippen LogP contribution >= 0.6 is 0 Å². The fourth-order valence-corrected chi connectivity index (χ4v) is 4.45. The summed E-state index contributed by atoms with van der Waals surface area (Å²) in [5, 5.41) is 6.45. The van der Waals surface area contributed by atoms with Crippen molar-refractivity contribution in [3.8, 4) is 5.75 Å². The quantitative estimate of drug-likeness (QED) is 0.664. The summed E-state index contributed by atoms with van der Waals surface area (Å²) in [6, 6.07) is 14.3. The van der Waals surface area contributed by atoms with Crippen LogP contribution in [0.2, 0.25) is 0 Å². The van der Waals surface area contributed by atoms with Gasteiger partial charge in [-0.15, -0.1) is 0 Å². The third-order valence-electron chi connectivity index (χ3n) is 6.00. The first kappa shape index (κ1) is 21.2. The number of methoxy groups -OCH3 is 2. The summed E-state index contributed by atoms with van der Waals surface area (Å²) in [4.78, 5) is 23.4. The zero-order valence-electron chi connectivity index (χ0n) is 17.9. The molecule has 2 N–H and O–H groups in total. The number of hydrogen-bond donors (Lipinski definition) is 2. The molecule has 2 aliphatic rings. The molecule has 1 amide bonds. The number of carbonyl (C=O) groups excluding carboxylic acids is 2. The molecule has 2 heterocycles. The van der Waals surface area contributed by atoms with Crippen LogP contribution < -0.4 is 15.4 Å². The highest BCUT2D eigenvalue weighted by atomic mass is 16.5. The molecule has 7 nitrogen and oxygen atoms in total. The zero-order valence-corrected chi connectivity index (χ0v) is 17.9. The summed E-state index contributed by atoms with van der Waals surface area (Å²) >= 11 is 0. The molecule has 2 aromatic rings. The molecular weight excluding hydrogens is 396 g/mol. The van der Waals surface area contributed by atoms with Gasteiger partial charge in [-0.3, -0.25) is 9.59 Å². The number of anilines is 1. The number of rotatable bonds is 7. The molecule has 1 saturated heterocycles. The van der Waals surface area contributed by atoms with E-state index in [-0.39, 0.29) is 43.4 Å². The second-order valence-electron chi connectivity index (χ2n) is 7.92. The smallest absolute Gasteiger partial charge is 0.307 e. The lowest BCUT2D eigenvalue weighted by molar-refractivity contribution is -0.140. The maximum atomic E-state index is 12.3. The Balaban J connectivity index is 1.49. The van der Waals surface area contributed by atoms with E-state index in [1.807, 2.05) is 24.3 Å². The van der Waals surface area contributed by atoms with Gasteiger partial charge in [-0.1, -0.05) is 24.3 Å². The van der Waals surface area contributed by atoms with Crippen molar-refractivity contribution < 1.29 is 23.8 Å². The van der Waals surface area contributed by atoms with Gasteiger partial charge in [0.2, 0.25) is 5.91 Å². The second kappa shape index (κ2) is 9.39. The first-order chi connectivity index (χ1) is 15.1. The summed E-state index contributed by atoms with van der Waals surface area (Å²) < 4.78 is 16.1. The van der Waals surface area contributed by atoms with Gasteiger partial charge in [-0.2, -0.15) is 0 Å². The van der Waals surface area contributed by atoms with Gasteiger partial charge in [0.05, 0.1) is 39.2 Å². The molecule has 2 aliphatic heterocycles. The maximum absolute atomic E-state index is 12.3. The van der Waals surface area contributed by atoms with Crippen LogP contribution in [0.5, 0.6) is 5.75 Å². The van der Waals surface area contributed by atoms with E-state index in [0.717, 1.165) is 35.6 Å². The average molecular weight is 424 g/mol. The van der Waals surface area contributed by atoms with Crippen molar-refractivity contribution in [1.29, 1.82) is 0 Å². The van der Waals surface area contributed by atoms with Crippen molar-refractivity contribution in [2.75, 3.05) is 32.7 Å². The fraction of sp³-hybridized carbons (Fsp3) is 0.417. The normalized spacial score (nSPS) is 21.4. The predicted octanol–water partition coefficient (Wildman–Crippen LogP) is 3.16. The minimum atomic E-state index is -0.338. The third-order valence-corrected chi connectivity index (χ3v) is 6.00. The van der Waals surface area contributed by atoms with E-state index in [0.29, 0.717) is 5.92 Å². The van der Waals surface area contributed by atoms with Crippen LogP contribution in [0.3, 0.4) is 0 Å². The summed E-state index contributed by atoms with van der Waals surface area (Å²) in [6.07, 6.45) is 1.39. The molecular formula is C24H28N2O5. The van der Waals surface area contributed by atoms with Crippen molar-refractivity contribution in [2.24, 2.45) is 5.92 Å². The van der Waals surface area contributed by atoms with Crippen LogP contribution in [0.1, 0.15) is 41.7 Å². The number of nitrogens with one attached hydrogen (secondary N) is 2. The Morgan fingerprint density at radius 1 is 1.19 bits per heavy atom. The van der Waals surface area contributed by atoms with Gasteiger partial charge in [0.15, 0.2) is 0 Å². The molecule has 0 bridgehead atoms. The van der Waals surface area contributed by atoms with E-state index < -0.39 is 0 Å². The van der Waals surface area contributed by atoms with Crippen molar-refractivity contribution in [3.05, 3.63) is 59.2 Å². The van der Waals surface area contributed by atoms with E-state index in [9.17, 15) is 9.59 Å². The van der Waals surface area contributed by atoms with Gasteiger partial charge < -0.3 is 24.8 Å². The maximum Gasteiger partial charge on any atom is 0.307 e. The Morgan fingerprint density at radius 2 is 2.06 bits per heavy atom. The third kappa shape index (κ3) is 4.66. The Labute approximate surface area is 182 Å². The van der Waals surface area contributed by atoms with Gasteiger partial charge in [-0.05, 0) is 35.7 Å². The summed E-state index contributed by atoms with van der Waals surface area (Å²) in [7, 11) is 3.01. The largest absolute Gasteiger partial charge is 0.497 e. The topological polar surface area (TPSA) is 85.9 Å². The monoisotopic (exact) mass is 424 g/mol. The van der Waals surface area contributed by atoms with Gasteiger partial charge in [0.25, 0.3) is 0 Å². The summed E-state index contributed by atoms with van der Waals surface area (Å²) in [5.41, 5.74) is 4.23. The molecule has 31 heavy (non-hydrogen) atoms. The Bertz CT molecular complexity index is 961. The summed E-state index contributed by atoms with van der Waals surface area (Å²) in [6.45, 7) is 0.989. The Kier molecular flexibility index (Phi) is 6.42. The Hall–Kier alpha value is -3.06. The number of esters is 1. The molecule has 0 radical (unpaired) electrons. The van der Waals surface area contributed by atoms with E-state index >= 15 is 0 Å². The van der Waals surface area contributed by atoms with Gasteiger partial charge in [-0.25, -0.2) is 0 Å². The highest BCUT2D eigenvalue weighted by Crippen LogP contribution is 2.50. The number of fused-ring (bicyclic) bond motifs is 3. The number of amides is 1. The number of ether oxygens (including phenoxy) is 3. The van der Waals surface area contributed by atoms with E-state index in [1.165, 1.54) is 12.7 Å². The van der Waals surface area contributed by atoms with Crippen molar-refractivity contribution in [2.45, 2.75) is 31.4 Å². The number of hydrogen-bond acceptors (Lipinski definition) is 6. The lowest BCUT2D eigenvalue weighted by atomic mass is 9.80. The van der Waals surface area contributed by atoms with E-state index in [2.05, 4.69) is 33.6 Å². The molecule has 7 heteroatoms. The van der Waals surface area contributed by atoms with Crippen molar-refractivity contribution in [1.82, 2.24) is 5.32 Å². The molecule has 0 saturated carbocycles. The Morgan fingerprint density at radius 3 is 2.87 bits per heavy atom. The number of benzene rings is 2. The van der Waals surface area contributed by atoms with Crippen LogP contribution in [-0.2, 0) is 25.5 Å². The molecule has 0 aromatic heterocycles. The van der Waals surface area contributed by atoms with Crippen molar-refractivity contribution in [3.63, 3.8) is 0 Å².